The van der Waals surface area contributed by atoms with Crippen LogP contribution in [0, 0.1) is 11.8 Å². The quantitative estimate of drug-likeness (QED) is 0.453. The second-order valence-electron chi connectivity index (χ2n) is 8.31. The molecule has 34 heavy (non-hydrogen) atoms. The molecule has 2 unspecified atom stereocenters. The number of hydrogen-bond donors (Lipinski definition) is 2. The molecule has 2 aromatic heterocycles. The van der Waals surface area contributed by atoms with E-state index in [1.54, 1.807) is 4.90 Å². The predicted molar refractivity (Wildman–Crippen MR) is 132 cm³/mol. The molecule has 2 amide bonds. The molecule has 3 N–H and O–H groups in total. The third kappa shape index (κ3) is 4.25. The molecule has 0 aliphatic carbocycles. The van der Waals surface area contributed by atoms with Crippen LogP contribution in [0.4, 0.5) is 5.82 Å². The van der Waals surface area contributed by atoms with Crippen molar-refractivity contribution in [3.8, 4) is 11.8 Å². The summed E-state index contributed by atoms with van der Waals surface area (Å²) in [6.07, 6.45) is 4.03. The van der Waals surface area contributed by atoms with Crippen LogP contribution in [0.15, 0.2) is 49.3 Å². The lowest BCUT2D eigenvalue weighted by Crippen LogP contribution is -2.32. The van der Waals surface area contributed by atoms with Gasteiger partial charge in [-0.1, -0.05) is 49.8 Å². The van der Waals surface area contributed by atoms with Gasteiger partial charge < -0.3 is 20.5 Å². The maximum atomic E-state index is 13.5. The molecule has 1 aliphatic rings. The molecule has 0 radical (unpaired) electrons. The van der Waals surface area contributed by atoms with E-state index in [0.29, 0.717) is 48.2 Å². The molecule has 0 saturated carbocycles. The Morgan fingerprint density at radius 1 is 1.29 bits per heavy atom. The van der Waals surface area contributed by atoms with Crippen molar-refractivity contribution in [2.24, 2.45) is 0 Å². The number of aromatic nitrogens is 3. The average molecular weight is 457 g/mol. The maximum Gasteiger partial charge on any atom is 0.255 e. The summed E-state index contributed by atoms with van der Waals surface area (Å²) >= 11 is 0. The first kappa shape index (κ1) is 23.1. The molecule has 0 bridgehead atoms. The van der Waals surface area contributed by atoms with E-state index < -0.39 is 0 Å². The number of anilines is 1. The van der Waals surface area contributed by atoms with E-state index in [4.69, 9.17) is 5.73 Å². The first-order chi connectivity index (χ1) is 16.5. The number of hydrogen-bond acceptors (Lipinski definition) is 5. The van der Waals surface area contributed by atoms with Crippen molar-refractivity contribution >= 4 is 28.7 Å². The lowest BCUT2D eigenvalue weighted by Gasteiger charge is -2.19. The van der Waals surface area contributed by atoms with Crippen LogP contribution in [0.3, 0.4) is 0 Å². The fourth-order valence-corrected chi connectivity index (χ4v) is 4.51. The Bertz CT molecular complexity index is 1300. The third-order valence-corrected chi connectivity index (χ3v) is 6.09. The summed E-state index contributed by atoms with van der Waals surface area (Å²) in [6.45, 7) is 8.40. The predicted octanol–water partition coefficient (Wildman–Crippen LogP) is 3.05. The van der Waals surface area contributed by atoms with Gasteiger partial charge in [0.1, 0.15) is 23.5 Å². The third-order valence-electron chi connectivity index (χ3n) is 6.09. The van der Waals surface area contributed by atoms with E-state index in [9.17, 15) is 9.59 Å². The molecule has 4 rings (SSSR count). The van der Waals surface area contributed by atoms with Gasteiger partial charge in [-0.15, -0.1) is 0 Å². The standard InChI is InChI=1S/C26H28N6O2/c1-4-6-12-20-22(26(34)28-14-18-10-8-7-9-11-18)23-24(27)29-16-30-25(23)32(20)19-13-17(3)31(15-19)21(33)5-2/h5,7-11,16-17,19H,2,4,13-15H2,1,3H3,(H,28,34)(H2,27,29,30). The Kier molecular flexibility index (Phi) is 6.64. The van der Waals surface area contributed by atoms with Crippen molar-refractivity contribution in [2.45, 2.75) is 45.3 Å². The van der Waals surface area contributed by atoms with E-state index in [1.807, 2.05) is 48.7 Å². The molecular weight excluding hydrogens is 428 g/mol. The molecule has 1 aliphatic heterocycles. The van der Waals surface area contributed by atoms with Gasteiger partial charge in [-0.05, 0) is 30.9 Å². The number of rotatable bonds is 5. The molecule has 1 fully saturated rings. The zero-order chi connectivity index (χ0) is 24.2. The highest BCUT2D eigenvalue weighted by atomic mass is 16.2. The highest BCUT2D eigenvalue weighted by Crippen LogP contribution is 2.36. The zero-order valence-corrected chi connectivity index (χ0v) is 19.4. The first-order valence-corrected chi connectivity index (χ1v) is 11.3. The van der Waals surface area contributed by atoms with Gasteiger partial charge in [0.25, 0.3) is 5.91 Å². The van der Waals surface area contributed by atoms with Crippen molar-refractivity contribution < 1.29 is 9.59 Å². The Labute approximate surface area is 198 Å². The minimum Gasteiger partial charge on any atom is -0.383 e. The number of amides is 2. The van der Waals surface area contributed by atoms with Crippen molar-refractivity contribution in [3.63, 3.8) is 0 Å². The number of nitrogens with two attached hydrogens (primary N) is 1. The Hall–Kier alpha value is -4.12. The number of nitrogens with one attached hydrogen (secondary N) is 1. The fraction of sp³-hybridized carbons (Fsp3) is 0.308. The van der Waals surface area contributed by atoms with Gasteiger partial charge in [0.05, 0.1) is 17.0 Å². The van der Waals surface area contributed by atoms with Crippen LogP contribution < -0.4 is 11.1 Å². The Morgan fingerprint density at radius 3 is 2.76 bits per heavy atom. The molecule has 1 aromatic carbocycles. The molecule has 1 saturated heterocycles. The number of carbonyl (C=O) groups excluding carboxylic acids is 2. The van der Waals surface area contributed by atoms with Crippen molar-refractivity contribution in [1.29, 1.82) is 0 Å². The van der Waals surface area contributed by atoms with E-state index >= 15 is 0 Å². The average Bonchev–Trinajstić information content (AvgIpc) is 3.39. The lowest BCUT2D eigenvalue weighted by molar-refractivity contribution is -0.126. The molecule has 8 heteroatoms. The smallest absolute Gasteiger partial charge is 0.255 e. The topological polar surface area (TPSA) is 106 Å². The van der Waals surface area contributed by atoms with Gasteiger partial charge in [0.2, 0.25) is 5.91 Å². The van der Waals surface area contributed by atoms with E-state index in [1.165, 1.54) is 12.4 Å². The normalized spacial score (nSPS) is 17.3. The van der Waals surface area contributed by atoms with Crippen molar-refractivity contribution in [2.75, 3.05) is 12.3 Å². The van der Waals surface area contributed by atoms with Crippen LogP contribution in [0.1, 0.15) is 54.3 Å². The summed E-state index contributed by atoms with van der Waals surface area (Å²) in [5.74, 6) is 6.09. The van der Waals surface area contributed by atoms with Crippen LogP contribution in [0.2, 0.25) is 0 Å². The van der Waals surface area contributed by atoms with Crippen molar-refractivity contribution in [1.82, 2.24) is 24.8 Å². The monoisotopic (exact) mass is 456 g/mol. The molecule has 3 aromatic rings. The number of fused-ring (bicyclic) bond motifs is 1. The second kappa shape index (κ2) is 9.79. The summed E-state index contributed by atoms with van der Waals surface area (Å²) in [4.78, 5) is 36.3. The van der Waals surface area contributed by atoms with Gasteiger partial charge in [-0.2, -0.15) is 0 Å². The molecule has 8 nitrogen and oxygen atoms in total. The van der Waals surface area contributed by atoms with Crippen LogP contribution in [-0.4, -0.2) is 43.8 Å². The summed E-state index contributed by atoms with van der Waals surface area (Å²) in [7, 11) is 0. The van der Waals surface area contributed by atoms with Gasteiger partial charge in [-0.3, -0.25) is 9.59 Å². The highest BCUT2D eigenvalue weighted by Gasteiger charge is 2.36. The summed E-state index contributed by atoms with van der Waals surface area (Å²) in [5.41, 5.74) is 8.70. The Balaban J connectivity index is 1.83. The molecule has 2 atom stereocenters. The summed E-state index contributed by atoms with van der Waals surface area (Å²) in [5, 5.41) is 3.47. The minimum absolute atomic E-state index is 0.00877. The lowest BCUT2D eigenvalue weighted by atomic mass is 10.1. The van der Waals surface area contributed by atoms with Crippen LogP contribution in [-0.2, 0) is 11.3 Å². The van der Waals surface area contributed by atoms with Crippen LogP contribution in [0.25, 0.3) is 11.0 Å². The van der Waals surface area contributed by atoms with Crippen LogP contribution >= 0.6 is 0 Å². The van der Waals surface area contributed by atoms with Crippen LogP contribution in [0.5, 0.6) is 0 Å². The molecule has 174 valence electrons. The Morgan fingerprint density at radius 2 is 2.06 bits per heavy atom. The number of benzene rings is 1. The number of carbonyl (C=O) groups is 2. The minimum atomic E-state index is -0.292. The fourth-order valence-electron chi connectivity index (χ4n) is 4.51. The van der Waals surface area contributed by atoms with E-state index in [0.717, 1.165) is 5.56 Å². The SMILES string of the molecule is C=CC(=O)N1CC(n2c(C#CCC)c(C(=O)NCc3ccccc3)c3c(N)ncnc32)CC1C. The number of nitrogens with zero attached hydrogens (tertiary/aromatic N) is 4. The van der Waals surface area contributed by atoms with Crippen molar-refractivity contribution in [3.05, 3.63) is 66.1 Å². The summed E-state index contributed by atoms with van der Waals surface area (Å²) in [6, 6.07) is 9.57. The van der Waals surface area contributed by atoms with Gasteiger partial charge >= 0.3 is 0 Å². The molecule has 3 heterocycles. The van der Waals surface area contributed by atoms with Gasteiger partial charge in [-0.25, -0.2) is 9.97 Å². The van der Waals surface area contributed by atoms with Gasteiger partial charge in [0, 0.05) is 25.6 Å². The first-order valence-electron chi connectivity index (χ1n) is 11.3. The second-order valence-corrected chi connectivity index (χ2v) is 8.31. The van der Waals surface area contributed by atoms with E-state index in [2.05, 4.69) is 33.7 Å². The maximum absolute atomic E-state index is 13.5. The van der Waals surface area contributed by atoms with E-state index in [-0.39, 0.29) is 29.7 Å². The number of likely N-dealkylation sites (tertiary alicyclic amines) is 1. The molecular formula is C26H28N6O2. The van der Waals surface area contributed by atoms with Gasteiger partial charge in [0.15, 0.2) is 0 Å². The zero-order valence-electron chi connectivity index (χ0n) is 19.4. The number of nitrogen functional groups attached to an aromatic ring is 1. The summed E-state index contributed by atoms with van der Waals surface area (Å²) < 4.78 is 1.96. The largest absolute Gasteiger partial charge is 0.383 e. The molecule has 0 spiro atoms. The highest BCUT2D eigenvalue weighted by molar-refractivity contribution is 6.11.